The van der Waals surface area contributed by atoms with Gasteiger partial charge in [-0.25, -0.2) is 0 Å². The number of hydrogen-bond acceptors (Lipinski definition) is 5. The van der Waals surface area contributed by atoms with Crippen LogP contribution in [0.15, 0.2) is 47.4 Å². The molecule has 0 aromatic heterocycles. The first kappa shape index (κ1) is 21.6. The molecule has 0 saturated carbocycles. The van der Waals surface area contributed by atoms with Gasteiger partial charge in [0.2, 0.25) is 0 Å². The summed E-state index contributed by atoms with van der Waals surface area (Å²) in [4.78, 5) is 25.6. The maximum Gasteiger partial charge on any atom is 0.269 e. The largest absolute Gasteiger partial charge is 0.493 e. The van der Waals surface area contributed by atoms with E-state index in [1.165, 1.54) is 18.9 Å². The van der Waals surface area contributed by atoms with E-state index < -0.39 is 5.91 Å². The molecule has 0 bridgehead atoms. The molecule has 0 heterocycles. The number of ether oxygens (including phenoxy) is 2. The Hall–Kier alpha value is -2.67. The van der Waals surface area contributed by atoms with Gasteiger partial charge >= 0.3 is 0 Å². The molecule has 0 unspecified atom stereocenters. The van der Waals surface area contributed by atoms with Gasteiger partial charge in [0.05, 0.1) is 18.5 Å². The van der Waals surface area contributed by atoms with Crippen molar-refractivity contribution in [1.82, 2.24) is 10.9 Å². The van der Waals surface area contributed by atoms with Crippen LogP contribution < -0.4 is 20.3 Å². The number of carbonyl (C=O) groups is 2. The Bertz CT molecular complexity index is 822. The molecule has 0 aliphatic heterocycles. The molecular formula is C21H26N2O4S. The summed E-state index contributed by atoms with van der Waals surface area (Å²) in [6.07, 6.45) is -0.0135. The molecule has 28 heavy (non-hydrogen) atoms. The zero-order valence-electron chi connectivity index (χ0n) is 16.7. The predicted octanol–water partition coefficient (Wildman–Crippen LogP) is 3.73. The maximum atomic E-state index is 12.3. The van der Waals surface area contributed by atoms with E-state index in [0.717, 1.165) is 10.5 Å². The van der Waals surface area contributed by atoms with Crippen LogP contribution >= 0.6 is 11.8 Å². The van der Waals surface area contributed by atoms with Crippen LogP contribution in [0.3, 0.4) is 0 Å². The third kappa shape index (κ3) is 6.20. The highest BCUT2D eigenvalue weighted by atomic mass is 32.2. The van der Waals surface area contributed by atoms with Crippen LogP contribution in [-0.2, 0) is 4.79 Å². The van der Waals surface area contributed by atoms with E-state index in [0.29, 0.717) is 17.1 Å². The predicted molar refractivity (Wildman–Crippen MR) is 111 cm³/mol. The number of methoxy groups -OCH3 is 1. The first-order valence-electron chi connectivity index (χ1n) is 8.98. The van der Waals surface area contributed by atoms with Crippen molar-refractivity contribution < 1.29 is 19.1 Å². The van der Waals surface area contributed by atoms with Crippen LogP contribution in [0.25, 0.3) is 0 Å². The van der Waals surface area contributed by atoms with Crippen LogP contribution in [0.4, 0.5) is 0 Å². The number of thioether (sulfide) groups is 1. The van der Waals surface area contributed by atoms with E-state index >= 15 is 0 Å². The van der Waals surface area contributed by atoms with Crippen LogP contribution in [0, 0.1) is 6.92 Å². The molecule has 2 N–H and O–H groups in total. The fourth-order valence-electron chi connectivity index (χ4n) is 2.33. The van der Waals surface area contributed by atoms with Gasteiger partial charge in [-0.2, -0.15) is 0 Å². The first-order valence-corrected chi connectivity index (χ1v) is 9.86. The lowest BCUT2D eigenvalue weighted by atomic mass is 10.2. The Labute approximate surface area is 170 Å². The first-order chi connectivity index (χ1) is 13.3. The highest BCUT2D eigenvalue weighted by molar-refractivity contribution is 8.00. The molecule has 0 aliphatic rings. The Morgan fingerprint density at radius 3 is 2.25 bits per heavy atom. The van der Waals surface area contributed by atoms with Gasteiger partial charge in [-0.15, -0.1) is 11.8 Å². The summed E-state index contributed by atoms with van der Waals surface area (Å²) in [5, 5.41) is -0.362. The van der Waals surface area contributed by atoms with E-state index in [1.807, 2.05) is 45.0 Å². The summed E-state index contributed by atoms with van der Waals surface area (Å²) in [7, 11) is 1.51. The molecule has 0 aliphatic carbocycles. The lowest BCUT2D eigenvalue weighted by Crippen LogP contribution is -2.44. The Morgan fingerprint density at radius 1 is 0.964 bits per heavy atom. The number of hydrazine groups is 1. The molecule has 2 amide bonds. The van der Waals surface area contributed by atoms with Crippen molar-refractivity contribution in [2.75, 3.05) is 7.11 Å². The van der Waals surface area contributed by atoms with E-state index in [9.17, 15) is 9.59 Å². The molecule has 2 rings (SSSR count). The Morgan fingerprint density at radius 2 is 1.64 bits per heavy atom. The van der Waals surface area contributed by atoms with Gasteiger partial charge < -0.3 is 9.47 Å². The second-order valence-corrected chi connectivity index (χ2v) is 7.96. The molecule has 1 atom stereocenters. The molecule has 0 spiro atoms. The second-order valence-electron chi connectivity index (χ2n) is 6.55. The maximum absolute atomic E-state index is 12.3. The average Bonchev–Trinajstić information content (AvgIpc) is 2.67. The smallest absolute Gasteiger partial charge is 0.269 e. The lowest BCUT2D eigenvalue weighted by Gasteiger charge is -2.15. The molecule has 0 radical (unpaired) electrons. The molecule has 0 fully saturated rings. The van der Waals surface area contributed by atoms with Gasteiger partial charge in [-0.1, -0.05) is 17.7 Å². The summed E-state index contributed by atoms with van der Waals surface area (Å²) < 4.78 is 10.9. The van der Waals surface area contributed by atoms with Crippen molar-refractivity contribution in [1.29, 1.82) is 0 Å². The van der Waals surface area contributed by atoms with Crippen molar-refractivity contribution in [2.45, 2.75) is 43.9 Å². The standard InChI is InChI=1S/C21H26N2O4S/c1-13(2)27-18-11-8-16(12-19(18)26-5)21(25)23-22-20(24)15(4)28-17-9-6-14(3)7-10-17/h6-13,15H,1-5H3,(H,22,24)(H,23,25)/t15-/m0/s1. The topological polar surface area (TPSA) is 76.7 Å². The normalized spacial score (nSPS) is 11.6. The highest BCUT2D eigenvalue weighted by Gasteiger charge is 2.17. The molecule has 150 valence electrons. The minimum Gasteiger partial charge on any atom is -0.493 e. The van der Waals surface area contributed by atoms with Crippen LogP contribution in [-0.4, -0.2) is 30.3 Å². The van der Waals surface area contributed by atoms with Crippen molar-refractivity contribution in [3.63, 3.8) is 0 Å². The number of nitrogens with one attached hydrogen (secondary N) is 2. The number of rotatable bonds is 7. The van der Waals surface area contributed by atoms with E-state index in [2.05, 4.69) is 10.9 Å². The van der Waals surface area contributed by atoms with Crippen LogP contribution in [0.2, 0.25) is 0 Å². The third-order valence-electron chi connectivity index (χ3n) is 3.79. The summed E-state index contributed by atoms with van der Waals surface area (Å²) in [6.45, 7) is 7.61. The number of aryl methyl sites for hydroxylation is 1. The molecule has 2 aromatic carbocycles. The van der Waals surface area contributed by atoms with E-state index in [-0.39, 0.29) is 17.3 Å². The Kier molecular flexibility index (Phi) is 7.75. The number of amides is 2. The lowest BCUT2D eigenvalue weighted by molar-refractivity contribution is -0.121. The summed E-state index contributed by atoms with van der Waals surface area (Å²) in [6, 6.07) is 12.8. The van der Waals surface area contributed by atoms with Crippen molar-refractivity contribution in [3.05, 3.63) is 53.6 Å². The molecular weight excluding hydrogens is 376 g/mol. The molecule has 0 saturated heterocycles. The zero-order chi connectivity index (χ0) is 20.7. The minimum absolute atomic E-state index is 0.0135. The summed E-state index contributed by atoms with van der Waals surface area (Å²) >= 11 is 1.42. The van der Waals surface area contributed by atoms with Crippen LogP contribution in [0.5, 0.6) is 11.5 Å². The van der Waals surface area contributed by atoms with Gasteiger partial charge in [0.25, 0.3) is 11.8 Å². The van der Waals surface area contributed by atoms with E-state index in [4.69, 9.17) is 9.47 Å². The molecule has 2 aromatic rings. The highest BCUT2D eigenvalue weighted by Crippen LogP contribution is 2.29. The van der Waals surface area contributed by atoms with Crippen molar-refractivity contribution >= 4 is 23.6 Å². The van der Waals surface area contributed by atoms with Gasteiger partial charge in [0.1, 0.15) is 0 Å². The van der Waals surface area contributed by atoms with Gasteiger partial charge in [0.15, 0.2) is 11.5 Å². The zero-order valence-corrected chi connectivity index (χ0v) is 17.6. The van der Waals surface area contributed by atoms with Gasteiger partial charge in [-0.3, -0.25) is 20.4 Å². The second kappa shape index (κ2) is 10.0. The third-order valence-corrected chi connectivity index (χ3v) is 4.90. The van der Waals surface area contributed by atoms with Gasteiger partial charge in [-0.05, 0) is 58.0 Å². The number of hydrogen-bond donors (Lipinski definition) is 2. The van der Waals surface area contributed by atoms with Crippen molar-refractivity contribution in [2.24, 2.45) is 0 Å². The monoisotopic (exact) mass is 402 g/mol. The van der Waals surface area contributed by atoms with Crippen molar-refractivity contribution in [3.8, 4) is 11.5 Å². The van der Waals surface area contributed by atoms with E-state index in [1.54, 1.807) is 25.1 Å². The fraction of sp³-hybridized carbons (Fsp3) is 0.333. The van der Waals surface area contributed by atoms with Crippen LogP contribution in [0.1, 0.15) is 36.7 Å². The molecule has 7 heteroatoms. The Balaban J connectivity index is 1.93. The minimum atomic E-state index is -0.435. The summed E-state index contributed by atoms with van der Waals surface area (Å²) in [5.74, 6) is 0.290. The summed E-state index contributed by atoms with van der Waals surface area (Å²) in [5.41, 5.74) is 6.42. The number of carbonyl (C=O) groups excluding carboxylic acids is 2. The quantitative estimate of drug-likeness (QED) is 0.545. The average molecular weight is 403 g/mol. The number of benzene rings is 2. The molecule has 6 nitrogen and oxygen atoms in total. The fourth-order valence-corrected chi connectivity index (χ4v) is 3.19. The van der Waals surface area contributed by atoms with Gasteiger partial charge in [0, 0.05) is 10.5 Å². The SMILES string of the molecule is COc1cc(C(=O)NNC(=O)[C@H](C)Sc2ccc(C)cc2)ccc1OC(C)C.